The summed E-state index contributed by atoms with van der Waals surface area (Å²) in [6.07, 6.45) is 3.93. The van der Waals surface area contributed by atoms with E-state index in [1.807, 2.05) is 6.92 Å². The van der Waals surface area contributed by atoms with Gasteiger partial charge < -0.3 is 5.32 Å². The fraction of sp³-hybridized carbons (Fsp3) is 0.333. The van der Waals surface area contributed by atoms with E-state index in [0.717, 1.165) is 18.5 Å². The number of halogens is 1. The monoisotopic (exact) mass is 249 g/mol. The first-order chi connectivity index (χ1) is 8.15. The molecule has 0 radical (unpaired) electrons. The Bertz CT molecular complexity index is 601. The number of imidazole rings is 1. The van der Waals surface area contributed by atoms with Crippen LogP contribution in [0, 0.1) is 6.92 Å². The van der Waals surface area contributed by atoms with Crippen LogP contribution in [-0.4, -0.2) is 21.3 Å². The number of aromatic nitrogens is 2. The molecule has 4 nitrogen and oxygen atoms in total. The van der Waals surface area contributed by atoms with Crippen molar-refractivity contribution in [1.29, 1.82) is 0 Å². The molecule has 0 saturated heterocycles. The van der Waals surface area contributed by atoms with E-state index in [0.29, 0.717) is 22.4 Å². The van der Waals surface area contributed by atoms with Crippen molar-refractivity contribution < 1.29 is 4.79 Å². The summed E-state index contributed by atoms with van der Waals surface area (Å²) in [6.45, 7) is 1.84. The third-order valence-electron chi connectivity index (χ3n) is 2.89. The molecule has 5 heteroatoms. The molecule has 3 rings (SSSR count). The Kier molecular flexibility index (Phi) is 2.33. The lowest BCUT2D eigenvalue weighted by atomic mass is 10.3. The van der Waals surface area contributed by atoms with Gasteiger partial charge in [-0.3, -0.25) is 9.20 Å². The minimum absolute atomic E-state index is 0.0557. The molecular weight excluding hydrogens is 238 g/mol. The number of carbonyl (C=O) groups is 1. The van der Waals surface area contributed by atoms with Gasteiger partial charge in [-0.2, -0.15) is 0 Å². The molecule has 1 saturated carbocycles. The van der Waals surface area contributed by atoms with Gasteiger partial charge in [0.2, 0.25) is 0 Å². The summed E-state index contributed by atoms with van der Waals surface area (Å²) >= 11 is 5.90. The molecule has 1 N–H and O–H groups in total. The fourth-order valence-corrected chi connectivity index (χ4v) is 2.05. The Morgan fingerprint density at radius 2 is 2.35 bits per heavy atom. The Morgan fingerprint density at radius 3 is 3.06 bits per heavy atom. The molecule has 17 heavy (non-hydrogen) atoms. The van der Waals surface area contributed by atoms with Crippen LogP contribution in [0.4, 0.5) is 0 Å². The molecule has 0 aliphatic heterocycles. The number of aryl methyl sites for hydroxylation is 1. The zero-order chi connectivity index (χ0) is 12.0. The van der Waals surface area contributed by atoms with Crippen LogP contribution in [0.5, 0.6) is 0 Å². The standard InChI is InChI=1S/C12H12ClN3O/c1-7-11(12(17)15-9-2-3-9)16-5-4-8(13)6-10(16)14-7/h4-6,9H,2-3H2,1H3,(H,15,17). The summed E-state index contributed by atoms with van der Waals surface area (Å²) in [5.74, 6) is -0.0557. The van der Waals surface area contributed by atoms with Gasteiger partial charge in [0.15, 0.2) is 0 Å². The number of fused-ring (bicyclic) bond motifs is 1. The van der Waals surface area contributed by atoms with Gasteiger partial charge in [0.1, 0.15) is 11.3 Å². The van der Waals surface area contributed by atoms with E-state index in [1.54, 1.807) is 22.7 Å². The lowest BCUT2D eigenvalue weighted by molar-refractivity contribution is 0.0944. The third-order valence-corrected chi connectivity index (χ3v) is 3.13. The maximum atomic E-state index is 12.1. The van der Waals surface area contributed by atoms with Gasteiger partial charge in [-0.25, -0.2) is 4.98 Å². The molecule has 2 aromatic rings. The van der Waals surface area contributed by atoms with Gasteiger partial charge >= 0.3 is 0 Å². The quantitative estimate of drug-likeness (QED) is 0.887. The number of amides is 1. The Hall–Kier alpha value is -1.55. The Labute approximate surface area is 104 Å². The molecule has 0 spiro atoms. The molecule has 0 atom stereocenters. The zero-order valence-electron chi connectivity index (χ0n) is 9.40. The van der Waals surface area contributed by atoms with Gasteiger partial charge in [-0.1, -0.05) is 11.6 Å². The van der Waals surface area contributed by atoms with Crippen LogP contribution in [0.1, 0.15) is 29.0 Å². The predicted molar refractivity (Wildman–Crippen MR) is 65.4 cm³/mol. The normalized spacial score (nSPS) is 15.2. The molecule has 1 amide bonds. The van der Waals surface area contributed by atoms with Gasteiger partial charge in [0.25, 0.3) is 5.91 Å². The van der Waals surface area contributed by atoms with Crippen LogP contribution < -0.4 is 5.32 Å². The smallest absolute Gasteiger partial charge is 0.270 e. The number of nitrogens with zero attached hydrogens (tertiary/aromatic N) is 2. The predicted octanol–water partition coefficient (Wildman–Crippen LogP) is 2.19. The third kappa shape index (κ3) is 1.89. The average Bonchev–Trinajstić information content (AvgIpc) is 2.99. The van der Waals surface area contributed by atoms with Gasteiger partial charge in [-0.15, -0.1) is 0 Å². The van der Waals surface area contributed by atoms with Crippen molar-refractivity contribution in [2.45, 2.75) is 25.8 Å². The lowest BCUT2D eigenvalue weighted by Gasteiger charge is -2.04. The Balaban J connectivity index is 2.07. The molecule has 0 bridgehead atoms. The number of rotatable bonds is 2. The maximum Gasteiger partial charge on any atom is 0.270 e. The minimum atomic E-state index is -0.0557. The van der Waals surface area contributed by atoms with E-state index in [4.69, 9.17) is 11.6 Å². The van der Waals surface area contributed by atoms with Crippen molar-refractivity contribution in [2.24, 2.45) is 0 Å². The highest BCUT2D eigenvalue weighted by Crippen LogP contribution is 2.21. The molecule has 1 fully saturated rings. The summed E-state index contributed by atoms with van der Waals surface area (Å²) in [5, 5.41) is 3.59. The highest BCUT2D eigenvalue weighted by molar-refractivity contribution is 6.30. The van der Waals surface area contributed by atoms with Crippen LogP contribution in [-0.2, 0) is 0 Å². The number of hydrogen-bond acceptors (Lipinski definition) is 2. The van der Waals surface area contributed by atoms with Crippen molar-refractivity contribution in [3.63, 3.8) is 0 Å². The highest BCUT2D eigenvalue weighted by Gasteiger charge is 2.26. The lowest BCUT2D eigenvalue weighted by Crippen LogP contribution is -2.27. The fourth-order valence-electron chi connectivity index (χ4n) is 1.89. The zero-order valence-corrected chi connectivity index (χ0v) is 10.2. The number of nitrogens with one attached hydrogen (secondary N) is 1. The van der Waals surface area contributed by atoms with Gasteiger partial charge in [0.05, 0.1) is 5.69 Å². The molecule has 2 aromatic heterocycles. The van der Waals surface area contributed by atoms with Crippen molar-refractivity contribution in [1.82, 2.24) is 14.7 Å². The Morgan fingerprint density at radius 1 is 1.59 bits per heavy atom. The molecule has 2 heterocycles. The van der Waals surface area contributed by atoms with Gasteiger partial charge in [-0.05, 0) is 25.8 Å². The first-order valence-corrected chi connectivity index (χ1v) is 5.98. The number of hydrogen-bond donors (Lipinski definition) is 1. The highest BCUT2D eigenvalue weighted by atomic mass is 35.5. The van der Waals surface area contributed by atoms with Crippen molar-refractivity contribution in [3.8, 4) is 0 Å². The molecule has 1 aliphatic carbocycles. The molecule has 1 aliphatic rings. The minimum Gasteiger partial charge on any atom is -0.348 e. The van der Waals surface area contributed by atoms with Crippen molar-refractivity contribution >= 4 is 23.2 Å². The average molecular weight is 250 g/mol. The van der Waals surface area contributed by atoms with E-state index in [1.165, 1.54) is 0 Å². The second-order valence-corrected chi connectivity index (χ2v) is 4.80. The summed E-state index contributed by atoms with van der Waals surface area (Å²) in [5.41, 5.74) is 2.03. The molecule has 0 aromatic carbocycles. The van der Waals surface area contributed by atoms with E-state index in [-0.39, 0.29) is 5.91 Å². The van der Waals surface area contributed by atoms with E-state index in [2.05, 4.69) is 10.3 Å². The summed E-state index contributed by atoms with van der Waals surface area (Å²) < 4.78 is 1.78. The van der Waals surface area contributed by atoms with Crippen LogP contribution in [0.25, 0.3) is 5.65 Å². The van der Waals surface area contributed by atoms with E-state index < -0.39 is 0 Å². The summed E-state index contributed by atoms with van der Waals surface area (Å²) in [6, 6.07) is 3.85. The van der Waals surface area contributed by atoms with Crippen molar-refractivity contribution in [2.75, 3.05) is 0 Å². The molecular formula is C12H12ClN3O. The topological polar surface area (TPSA) is 46.4 Å². The van der Waals surface area contributed by atoms with Crippen LogP contribution in [0.3, 0.4) is 0 Å². The van der Waals surface area contributed by atoms with E-state index >= 15 is 0 Å². The van der Waals surface area contributed by atoms with Crippen molar-refractivity contribution in [3.05, 3.63) is 34.7 Å². The maximum absolute atomic E-state index is 12.1. The summed E-state index contributed by atoms with van der Waals surface area (Å²) in [7, 11) is 0. The second kappa shape index (κ2) is 3.74. The number of carbonyl (C=O) groups excluding carboxylic acids is 1. The SMILES string of the molecule is Cc1nc2cc(Cl)ccn2c1C(=O)NC1CC1. The number of pyridine rings is 1. The second-order valence-electron chi connectivity index (χ2n) is 4.37. The van der Waals surface area contributed by atoms with Crippen LogP contribution in [0.15, 0.2) is 18.3 Å². The first kappa shape index (κ1) is 10.6. The van der Waals surface area contributed by atoms with Crippen LogP contribution in [0.2, 0.25) is 5.02 Å². The summed E-state index contributed by atoms with van der Waals surface area (Å²) in [4.78, 5) is 16.4. The van der Waals surface area contributed by atoms with E-state index in [9.17, 15) is 4.79 Å². The molecule has 0 unspecified atom stereocenters. The van der Waals surface area contributed by atoms with Crippen LogP contribution >= 0.6 is 11.6 Å². The van der Waals surface area contributed by atoms with Gasteiger partial charge in [0, 0.05) is 23.3 Å². The molecule has 88 valence electrons. The first-order valence-electron chi connectivity index (χ1n) is 5.60. The largest absolute Gasteiger partial charge is 0.348 e.